The predicted molar refractivity (Wildman–Crippen MR) is 114 cm³/mol. The number of benzene rings is 2. The topological polar surface area (TPSA) is 101 Å². The Hall–Kier alpha value is -3.75. The molecule has 0 saturated heterocycles. The van der Waals surface area contributed by atoms with Crippen LogP contribution in [-0.2, 0) is 22.5 Å². The maximum absolute atomic E-state index is 12.7. The van der Waals surface area contributed by atoms with Crippen molar-refractivity contribution in [2.24, 2.45) is 0 Å². The van der Waals surface area contributed by atoms with Crippen molar-refractivity contribution >= 4 is 22.9 Å². The minimum Gasteiger partial charge on any atom is -0.493 e. The molecule has 1 aromatic heterocycles. The molecular weight excluding hydrogens is 402 g/mol. The van der Waals surface area contributed by atoms with Crippen LogP contribution in [0.25, 0.3) is 11.0 Å². The van der Waals surface area contributed by atoms with Crippen LogP contribution in [-0.4, -0.2) is 56.4 Å². The van der Waals surface area contributed by atoms with E-state index < -0.39 is 0 Å². The van der Waals surface area contributed by atoms with Gasteiger partial charge in [-0.2, -0.15) is 0 Å². The average molecular weight is 427 g/mol. The minimum absolute atomic E-state index is 0.0488. The molecule has 0 saturated carbocycles. The highest BCUT2D eigenvalue weighted by Gasteiger charge is 2.18. The average Bonchev–Trinajstić information content (AvgIpc) is 3.14. The number of nitrogens with zero attached hydrogens (tertiary/aromatic N) is 2. The second-order valence-corrected chi connectivity index (χ2v) is 6.60. The lowest BCUT2D eigenvalue weighted by atomic mass is 10.1. The van der Waals surface area contributed by atoms with Crippen molar-refractivity contribution in [3.8, 4) is 17.2 Å². The van der Waals surface area contributed by atoms with Gasteiger partial charge in [0.05, 0.1) is 39.5 Å². The number of hydrogen-bond acceptors (Lipinski definition) is 7. The molecule has 0 radical (unpaired) electrons. The number of aromatic nitrogens is 2. The van der Waals surface area contributed by atoms with Crippen LogP contribution in [0.5, 0.6) is 17.2 Å². The lowest BCUT2D eigenvalue weighted by molar-refractivity contribution is -0.141. The number of rotatable bonds is 9. The molecule has 1 amide bonds. The summed E-state index contributed by atoms with van der Waals surface area (Å²) < 4.78 is 22.5. The van der Waals surface area contributed by atoms with Crippen LogP contribution in [0.1, 0.15) is 16.2 Å². The summed E-state index contributed by atoms with van der Waals surface area (Å²) in [6.07, 6.45) is 0.432. The third-order valence-electron chi connectivity index (χ3n) is 4.81. The second kappa shape index (κ2) is 9.84. The van der Waals surface area contributed by atoms with Gasteiger partial charge in [-0.3, -0.25) is 9.59 Å². The van der Waals surface area contributed by atoms with Gasteiger partial charge in [-0.25, -0.2) is 4.98 Å². The van der Waals surface area contributed by atoms with Crippen LogP contribution in [0.2, 0.25) is 0 Å². The first kappa shape index (κ1) is 21.9. The molecular formula is C22H25N3O6. The number of hydrogen-bond donors (Lipinski definition) is 1. The van der Waals surface area contributed by atoms with Crippen molar-refractivity contribution in [3.63, 3.8) is 0 Å². The first-order chi connectivity index (χ1) is 15.0. The van der Waals surface area contributed by atoms with E-state index in [-0.39, 0.29) is 18.4 Å². The zero-order valence-electron chi connectivity index (χ0n) is 17.9. The standard InChI is InChI=1S/C22H25N3O6/c1-28-17-11-14(12-18(29-2)21(17)31-4)22(27)23-10-9-19-24-15-7-5-6-8-16(15)25(19)13-20(26)30-3/h5-8,11-12H,9-10,13H2,1-4H3,(H,23,27). The van der Waals surface area contributed by atoms with Gasteiger partial charge in [0.15, 0.2) is 11.5 Å². The van der Waals surface area contributed by atoms with Crippen LogP contribution in [0, 0.1) is 0 Å². The van der Waals surface area contributed by atoms with Gasteiger partial charge in [0.25, 0.3) is 5.91 Å². The van der Waals surface area contributed by atoms with Crippen LogP contribution in [0.15, 0.2) is 36.4 Å². The van der Waals surface area contributed by atoms with E-state index in [1.165, 1.54) is 28.4 Å². The minimum atomic E-state index is -0.370. The molecule has 0 spiro atoms. The maximum Gasteiger partial charge on any atom is 0.325 e. The van der Waals surface area contributed by atoms with Gasteiger partial charge < -0.3 is 28.8 Å². The number of esters is 1. The molecule has 1 heterocycles. The summed E-state index contributed by atoms with van der Waals surface area (Å²) in [5.41, 5.74) is 1.98. The second-order valence-electron chi connectivity index (χ2n) is 6.60. The number of ether oxygens (including phenoxy) is 4. The Morgan fingerprint density at radius 1 is 1.00 bits per heavy atom. The molecule has 2 aromatic carbocycles. The van der Waals surface area contributed by atoms with Crippen molar-refractivity contribution in [2.75, 3.05) is 35.0 Å². The molecule has 1 N–H and O–H groups in total. The third kappa shape index (κ3) is 4.71. The fourth-order valence-corrected chi connectivity index (χ4v) is 3.29. The third-order valence-corrected chi connectivity index (χ3v) is 4.81. The predicted octanol–water partition coefficient (Wildman–Crippen LogP) is 2.21. The Bertz CT molecular complexity index is 1070. The number of methoxy groups -OCH3 is 4. The molecule has 0 aliphatic carbocycles. The van der Waals surface area contributed by atoms with Crippen LogP contribution < -0.4 is 19.5 Å². The van der Waals surface area contributed by atoms with Crippen molar-refractivity contribution < 1.29 is 28.5 Å². The quantitative estimate of drug-likeness (QED) is 0.523. The summed E-state index contributed by atoms with van der Waals surface area (Å²) in [4.78, 5) is 29.1. The molecule has 31 heavy (non-hydrogen) atoms. The number of carbonyl (C=O) groups excluding carboxylic acids is 2. The highest BCUT2D eigenvalue weighted by atomic mass is 16.5. The van der Waals surface area contributed by atoms with E-state index >= 15 is 0 Å². The highest BCUT2D eigenvalue weighted by molar-refractivity contribution is 5.95. The van der Waals surface area contributed by atoms with E-state index in [9.17, 15) is 9.59 Å². The summed E-state index contributed by atoms with van der Waals surface area (Å²) >= 11 is 0. The van der Waals surface area contributed by atoms with Crippen LogP contribution in [0.4, 0.5) is 0 Å². The first-order valence-corrected chi connectivity index (χ1v) is 9.61. The van der Waals surface area contributed by atoms with Crippen molar-refractivity contribution in [3.05, 3.63) is 47.8 Å². The summed E-state index contributed by atoms with van der Waals surface area (Å²) in [6, 6.07) is 10.7. The van der Waals surface area contributed by atoms with Crippen LogP contribution >= 0.6 is 0 Å². The summed E-state index contributed by atoms with van der Waals surface area (Å²) in [7, 11) is 5.83. The summed E-state index contributed by atoms with van der Waals surface area (Å²) in [5, 5.41) is 2.87. The van der Waals surface area contributed by atoms with Gasteiger partial charge in [0.1, 0.15) is 12.4 Å². The smallest absolute Gasteiger partial charge is 0.325 e. The molecule has 0 atom stereocenters. The fourth-order valence-electron chi connectivity index (χ4n) is 3.29. The van der Waals surface area contributed by atoms with Crippen LogP contribution in [0.3, 0.4) is 0 Å². The Morgan fingerprint density at radius 3 is 2.29 bits per heavy atom. The lowest BCUT2D eigenvalue weighted by Gasteiger charge is -2.14. The van der Waals surface area contributed by atoms with Gasteiger partial charge in [-0.05, 0) is 24.3 Å². The Balaban J connectivity index is 1.76. The van der Waals surface area contributed by atoms with Crippen molar-refractivity contribution in [1.29, 1.82) is 0 Å². The van der Waals surface area contributed by atoms with Gasteiger partial charge >= 0.3 is 5.97 Å². The lowest BCUT2D eigenvalue weighted by Crippen LogP contribution is -2.27. The van der Waals surface area contributed by atoms with E-state index in [4.69, 9.17) is 18.9 Å². The fraction of sp³-hybridized carbons (Fsp3) is 0.318. The summed E-state index contributed by atoms with van der Waals surface area (Å²) in [5.74, 6) is 1.22. The normalized spacial score (nSPS) is 10.6. The van der Waals surface area contributed by atoms with Gasteiger partial charge in [0, 0.05) is 18.5 Å². The number of carbonyl (C=O) groups is 2. The largest absolute Gasteiger partial charge is 0.493 e. The number of imidazole rings is 1. The van der Waals surface area contributed by atoms with Crippen molar-refractivity contribution in [2.45, 2.75) is 13.0 Å². The molecule has 3 aromatic rings. The number of nitrogens with one attached hydrogen (secondary N) is 1. The molecule has 9 heteroatoms. The van der Waals surface area contributed by atoms with E-state index in [0.29, 0.717) is 41.6 Å². The molecule has 0 unspecified atom stereocenters. The van der Waals surface area contributed by atoms with Crippen molar-refractivity contribution in [1.82, 2.24) is 14.9 Å². The summed E-state index contributed by atoms with van der Waals surface area (Å²) in [6.45, 7) is 0.368. The molecule has 0 aliphatic heterocycles. The zero-order chi connectivity index (χ0) is 22.4. The first-order valence-electron chi connectivity index (χ1n) is 9.61. The van der Waals surface area contributed by atoms with Gasteiger partial charge in [0.2, 0.25) is 5.75 Å². The molecule has 164 valence electrons. The monoisotopic (exact) mass is 427 g/mol. The van der Waals surface area contributed by atoms with E-state index in [1.54, 1.807) is 16.7 Å². The van der Waals surface area contributed by atoms with Gasteiger partial charge in [-0.15, -0.1) is 0 Å². The van der Waals surface area contributed by atoms with E-state index in [2.05, 4.69) is 10.3 Å². The van der Waals surface area contributed by atoms with E-state index in [1.807, 2.05) is 24.3 Å². The molecule has 3 rings (SSSR count). The SMILES string of the molecule is COC(=O)Cn1c(CCNC(=O)c2cc(OC)c(OC)c(OC)c2)nc2ccccc21. The van der Waals surface area contributed by atoms with Gasteiger partial charge in [-0.1, -0.05) is 12.1 Å². The van der Waals surface area contributed by atoms with E-state index in [0.717, 1.165) is 11.0 Å². The molecule has 0 fully saturated rings. The Labute approximate surface area is 179 Å². The molecule has 0 aliphatic rings. The molecule has 0 bridgehead atoms. The Morgan fingerprint density at radius 2 is 1.68 bits per heavy atom. The highest BCUT2D eigenvalue weighted by Crippen LogP contribution is 2.38. The Kier molecular flexibility index (Phi) is 6.96. The molecule has 9 nitrogen and oxygen atoms in total. The number of para-hydroxylation sites is 2. The number of fused-ring (bicyclic) bond motifs is 1. The maximum atomic E-state index is 12.7. The number of amides is 1. The zero-order valence-corrected chi connectivity index (χ0v) is 17.9.